The molecule has 4 rings (SSSR count). The monoisotopic (exact) mass is 333 g/mol. The Labute approximate surface area is 143 Å². The molecule has 2 aromatic carbocycles. The van der Waals surface area contributed by atoms with E-state index < -0.39 is 0 Å². The molecule has 0 aliphatic rings. The molecule has 0 saturated heterocycles. The highest BCUT2D eigenvalue weighted by Crippen LogP contribution is 2.30. The van der Waals surface area contributed by atoms with E-state index >= 15 is 0 Å². The minimum absolute atomic E-state index is 0.351. The maximum absolute atomic E-state index is 12.3. The topological polar surface area (TPSA) is 43.1 Å². The predicted octanol–water partition coefficient (Wildman–Crippen LogP) is 5.20. The third-order valence-electron chi connectivity index (χ3n) is 4.05. The van der Waals surface area contributed by atoms with E-state index in [1.807, 2.05) is 29.6 Å². The lowest BCUT2D eigenvalue weighted by molar-refractivity contribution is 0.563. The van der Waals surface area contributed by atoms with Crippen molar-refractivity contribution in [3.05, 3.63) is 75.5 Å². The largest absolute Gasteiger partial charge is 0.422 e. The van der Waals surface area contributed by atoms with Gasteiger partial charge in [-0.05, 0) is 37.6 Å². The van der Waals surface area contributed by atoms with E-state index in [-0.39, 0.29) is 5.63 Å². The summed E-state index contributed by atoms with van der Waals surface area (Å²) in [6, 6.07) is 15.7. The lowest BCUT2D eigenvalue weighted by Crippen LogP contribution is -2.02. The predicted molar refractivity (Wildman–Crippen MR) is 98.5 cm³/mol. The average Bonchev–Trinajstić information content (AvgIpc) is 3.06. The Morgan fingerprint density at radius 2 is 1.83 bits per heavy atom. The van der Waals surface area contributed by atoms with Gasteiger partial charge in [-0.25, -0.2) is 9.78 Å². The summed E-state index contributed by atoms with van der Waals surface area (Å²) in [4.78, 5) is 17.0. The highest BCUT2D eigenvalue weighted by molar-refractivity contribution is 7.13. The van der Waals surface area contributed by atoms with Gasteiger partial charge in [0, 0.05) is 16.3 Å². The van der Waals surface area contributed by atoms with Crippen LogP contribution in [0.5, 0.6) is 0 Å². The molecule has 0 saturated carbocycles. The second-order valence-electron chi connectivity index (χ2n) is 5.84. The van der Waals surface area contributed by atoms with Crippen LogP contribution in [0.3, 0.4) is 0 Å². The van der Waals surface area contributed by atoms with Gasteiger partial charge in [0.05, 0.1) is 11.3 Å². The van der Waals surface area contributed by atoms with Crippen molar-refractivity contribution >= 4 is 22.3 Å². The second kappa shape index (κ2) is 5.73. The Morgan fingerprint density at radius 3 is 2.71 bits per heavy atom. The highest BCUT2D eigenvalue weighted by Gasteiger charge is 2.13. The number of aromatic nitrogens is 1. The number of aryl methyl sites for hydroxylation is 2. The zero-order valence-electron chi connectivity index (χ0n) is 13.4. The Kier molecular flexibility index (Phi) is 3.54. The third-order valence-corrected chi connectivity index (χ3v) is 4.92. The third kappa shape index (κ3) is 2.55. The molecule has 0 bridgehead atoms. The van der Waals surface area contributed by atoms with Crippen LogP contribution in [0, 0.1) is 13.8 Å². The summed E-state index contributed by atoms with van der Waals surface area (Å²) >= 11 is 1.46. The number of nitrogens with zero attached hydrogens (tertiary/aromatic N) is 1. The van der Waals surface area contributed by atoms with Crippen LogP contribution >= 0.6 is 11.3 Å². The van der Waals surface area contributed by atoms with E-state index in [9.17, 15) is 4.79 Å². The first-order valence-electron chi connectivity index (χ1n) is 7.68. The van der Waals surface area contributed by atoms with E-state index in [1.54, 1.807) is 6.07 Å². The van der Waals surface area contributed by atoms with Gasteiger partial charge < -0.3 is 4.42 Å². The summed E-state index contributed by atoms with van der Waals surface area (Å²) in [6.07, 6.45) is 0. The molecule has 0 radical (unpaired) electrons. The Balaban J connectivity index is 1.85. The fourth-order valence-electron chi connectivity index (χ4n) is 2.74. The van der Waals surface area contributed by atoms with Gasteiger partial charge in [0.1, 0.15) is 10.6 Å². The molecular weight excluding hydrogens is 318 g/mol. The first-order valence-corrected chi connectivity index (χ1v) is 8.56. The van der Waals surface area contributed by atoms with Crippen LogP contribution in [0.4, 0.5) is 0 Å². The molecule has 24 heavy (non-hydrogen) atoms. The molecule has 3 nitrogen and oxygen atoms in total. The highest BCUT2D eigenvalue weighted by atomic mass is 32.1. The summed E-state index contributed by atoms with van der Waals surface area (Å²) in [7, 11) is 0. The summed E-state index contributed by atoms with van der Waals surface area (Å²) in [5.74, 6) is 0. The maximum atomic E-state index is 12.3. The molecule has 0 unspecified atom stereocenters. The second-order valence-corrected chi connectivity index (χ2v) is 6.70. The number of hydrogen-bond acceptors (Lipinski definition) is 4. The molecule has 0 amide bonds. The van der Waals surface area contributed by atoms with Gasteiger partial charge in [-0.1, -0.05) is 35.9 Å². The van der Waals surface area contributed by atoms with Crippen molar-refractivity contribution < 1.29 is 4.42 Å². The summed E-state index contributed by atoms with van der Waals surface area (Å²) < 4.78 is 5.42. The maximum Gasteiger partial charge on any atom is 0.346 e. The molecule has 0 aliphatic heterocycles. The number of thiazole rings is 1. The first-order chi connectivity index (χ1) is 11.6. The lowest BCUT2D eigenvalue weighted by atomic mass is 10.0. The number of rotatable bonds is 2. The van der Waals surface area contributed by atoms with Crippen LogP contribution < -0.4 is 5.63 Å². The van der Waals surface area contributed by atoms with E-state index in [1.165, 1.54) is 22.5 Å². The van der Waals surface area contributed by atoms with Crippen LogP contribution in [0.15, 0.2) is 63.1 Å². The molecule has 118 valence electrons. The smallest absolute Gasteiger partial charge is 0.346 e. The van der Waals surface area contributed by atoms with E-state index in [2.05, 4.69) is 37.0 Å². The van der Waals surface area contributed by atoms with E-state index in [4.69, 9.17) is 4.42 Å². The number of hydrogen-bond donors (Lipinski definition) is 0. The molecule has 0 fully saturated rings. The van der Waals surface area contributed by atoms with Crippen LogP contribution in [0.1, 0.15) is 11.1 Å². The van der Waals surface area contributed by atoms with E-state index in [0.29, 0.717) is 16.2 Å². The fraction of sp³-hybridized carbons (Fsp3) is 0.100. The van der Waals surface area contributed by atoms with Gasteiger partial charge >= 0.3 is 5.63 Å². The SMILES string of the molecule is Cc1ccc(C)c(-c2csc(-c3cc4ccccc4oc3=O)n2)c1. The van der Waals surface area contributed by atoms with Crippen molar-refractivity contribution in [1.82, 2.24) is 4.98 Å². The van der Waals surface area contributed by atoms with Crippen LogP contribution in [0.25, 0.3) is 32.8 Å². The van der Waals surface area contributed by atoms with E-state index in [0.717, 1.165) is 16.6 Å². The van der Waals surface area contributed by atoms with Crippen molar-refractivity contribution in [3.8, 4) is 21.8 Å². The molecule has 4 heteroatoms. The van der Waals surface area contributed by atoms with Gasteiger partial charge in [-0.15, -0.1) is 11.3 Å². The van der Waals surface area contributed by atoms with Crippen molar-refractivity contribution in [3.63, 3.8) is 0 Å². The van der Waals surface area contributed by atoms with Crippen LogP contribution in [0.2, 0.25) is 0 Å². The van der Waals surface area contributed by atoms with Crippen molar-refractivity contribution in [2.45, 2.75) is 13.8 Å². The zero-order valence-corrected chi connectivity index (χ0v) is 14.2. The van der Waals surface area contributed by atoms with Crippen molar-refractivity contribution in [2.24, 2.45) is 0 Å². The Hall–Kier alpha value is -2.72. The molecular formula is C20H15NO2S. The minimum Gasteiger partial charge on any atom is -0.422 e. The first kappa shape index (κ1) is 14.8. The quantitative estimate of drug-likeness (QED) is 0.474. The molecule has 2 aromatic heterocycles. The Morgan fingerprint density at radius 1 is 1.00 bits per heavy atom. The number of para-hydroxylation sites is 1. The molecule has 0 spiro atoms. The minimum atomic E-state index is -0.351. The van der Waals surface area contributed by atoms with Gasteiger partial charge in [0.15, 0.2) is 0 Å². The number of benzene rings is 2. The standard InChI is InChI=1S/C20H15NO2S/c1-12-7-8-13(2)15(9-12)17-11-24-19(21-17)16-10-14-5-3-4-6-18(14)23-20(16)22/h3-11H,1-2H3. The normalized spacial score (nSPS) is 11.1. The summed E-state index contributed by atoms with van der Waals surface area (Å²) in [6.45, 7) is 4.13. The lowest BCUT2D eigenvalue weighted by Gasteiger charge is -2.03. The molecule has 0 aliphatic carbocycles. The van der Waals surface area contributed by atoms with Gasteiger partial charge in [0.25, 0.3) is 0 Å². The zero-order chi connectivity index (χ0) is 16.7. The molecule has 0 atom stereocenters. The molecule has 4 aromatic rings. The van der Waals surface area contributed by atoms with Gasteiger partial charge in [-0.3, -0.25) is 0 Å². The van der Waals surface area contributed by atoms with Crippen molar-refractivity contribution in [1.29, 1.82) is 0 Å². The van der Waals surface area contributed by atoms with Crippen molar-refractivity contribution in [2.75, 3.05) is 0 Å². The molecule has 0 N–H and O–H groups in total. The average molecular weight is 333 g/mol. The van der Waals surface area contributed by atoms with Crippen LogP contribution in [-0.4, -0.2) is 4.98 Å². The van der Waals surface area contributed by atoms with Gasteiger partial charge in [-0.2, -0.15) is 0 Å². The fourth-order valence-corrected chi connectivity index (χ4v) is 3.57. The summed E-state index contributed by atoms with van der Waals surface area (Å²) in [5, 5.41) is 3.58. The molecule has 2 heterocycles. The van der Waals surface area contributed by atoms with Crippen LogP contribution in [-0.2, 0) is 0 Å². The summed E-state index contributed by atoms with van der Waals surface area (Å²) in [5.41, 5.74) is 5.10. The number of fused-ring (bicyclic) bond motifs is 1. The van der Waals surface area contributed by atoms with Gasteiger partial charge in [0.2, 0.25) is 0 Å². The Bertz CT molecular complexity index is 1110.